The van der Waals surface area contributed by atoms with E-state index in [4.69, 9.17) is 0 Å². The van der Waals surface area contributed by atoms with Crippen LogP contribution in [0.5, 0.6) is 0 Å². The van der Waals surface area contributed by atoms with Gasteiger partial charge in [-0.15, -0.1) is 0 Å². The van der Waals surface area contributed by atoms with Gasteiger partial charge in [-0.1, -0.05) is 0 Å². The lowest BCUT2D eigenvalue weighted by Crippen LogP contribution is -2.38. The fourth-order valence-electron chi connectivity index (χ4n) is 0.453. The van der Waals surface area contributed by atoms with Gasteiger partial charge in [0.15, 0.2) is 0 Å². The van der Waals surface area contributed by atoms with E-state index in [-0.39, 0.29) is 0 Å². The van der Waals surface area contributed by atoms with Gasteiger partial charge in [0.05, 0.1) is 0 Å². The minimum Gasteiger partial charge on any atom is -0.258 e. The van der Waals surface area contributed by atoms with Gasteiger partial charge in [0, 0.05) is 19.5 Å². The highest BCUT2D eigenvalue weighted by Crippen LogP contribution is 1.84. The molecule has 1 aliphatic heterocycles. The molecule has 2 N–H and O–H groups in total. The fraction of sp³-hybridized carbons (Fsp3) is 0.750. The zero-order valence-corrected chi connectivity index (χ0v) is 3.62. The van der Waals surface area contributed by atoms with Crippen molar-refractivity contribution in [3.8, 4) is 0 Å². The smallest absolute Gasteiger partial charge is 0.0169 e. The Bertz CT molecular complexity index is 21.0. The van der Waals surface area contributed by atoms with Gasteiger partial charge < -0.3 is 0 Å². The van der Waals surface area contributed by atoms with E-state index in [1.165, 1.54) is 0 Å². The summed E-state index contributed by atoms with van der Waals surface area (Å²) in [7, 11) is 0. The van der Waals surface area contributed by atoms with Crippen LogP contribution in [0, 0.1) is 6.42 Å². The summed E-state index contributed by atoms with van der Waals surface area (Å²) < 4.78 is 0. The predicted octanol–water partition coefficient (Wildman–Crippen LogP) is -0.434. The standard InChI is InChI=1S/C4H8N2/c1-2-4-6-5-3-1/h5-6H,1,3-4H2. The Morgan fingerprint density at radius 3 is 2.50 bits per heavy atom. The molecule has 0 amide bonds. The van der Waals surface area contributed by atoms with E-state index in [2.05, 4.69) is 17.3 Å². The molecular weight excluding hydrogens is 76.1 g/mol. The van der Waals surface area contributed by atoms with Crippen molar-refractivity contribution < 1.29 is 0 Å². The van der Waals surface area contributed by atoms with Gasteiger partial charge in [-0.3, -0.25) is 10.9 Å². The van der Waals surface area contributed by atoms with Crippen LogP contribution < -0.4 is 10.9 Å². The second-order valence-electron chi connectivity index (χ2n) is 1.28. The molecule has 0 aliphatic carbocycles. The largest absolute Gasteiger partial charge is 0.258 e. The van der Waals surface area contributed by atoms with E-state index in [1.54, 1.807) is 0 Å². The summed E-state index contributed by atoms with van der Waals surface area (Å²) in [5.74, 6) is 0. The average molecular weight is 84.1 g/mol. The zero-order valence-electron chi connectivity index (χ0n) is 3.62. The summed E-state index contributed by atoms with van der Waals surface area (Å²) in [5, 5.41) is 0. The van der Waals surface area contributed by atoms with E-state index < -0.39 is 0 Å². The van der Waals surface area contributed by atoms with Crippen LogP contribution in [0.2, 0.25) is 0 Å². The van der Waals surface area contributed by atoms with Crippen LogP contribution in [0.4, 0.5) is 0 Å². The summed E-state index contributed by atoms with van der Waals surface area (Å²) >= 11 is 0. The lowest BCUT2D eigenvalue weighted by Gasteiger charge is -2.10. The van der Waals surface area contributed by atoms with Crippen LogP contribution in [0.15, 0.2) is 0 Å². The first-order chi connectivity index (χ1) is 3.00. The van der Waals surface area contributed by atoms with Crippen molar-refractivity contribution in [3.05, 3.63) is 6.42 Å². The van der Waals surface area contributed by atoms with E-state index in [9.17, 15) is 0 Å². The van der Waals surface area contributed by atoms with E-state index in [0.717, 1.165) is 19.5 Å². The van der Waals surface area contributed by atoms with Gasteiger partial charge >= 0.3 is 0 Å². The second kappa shape index (κ2) is 2.16. The first kappa shape index (κ1) is 4.09. The Kier molecular flexibility index (Phi) is 1.47. The minimum atomic E-state index is 0.889. The van der Waals surface area contributed by atoms with E-state index in [0.29, 0.717) is 0 Å². The first-order valence-corrected chi connectivity index (χ1v) is 2.16. The third kappa shape index (κ3) is 0.954. The number of hydrazine groups is 1. The molecular formula is C4H8N2. The highest BCUT2D eigenvalue weighted by atomic mass is 15.4. The molecule has 0 unspecified atom stereocenters. The normalized spacial score (nSPS) is 24.0. The fourth-order valence-corrected chi connectivity index (χ4v) is 0.453. The highest BCUT2D eigenvalue weighted by Gasteiger charge is 1.93. The molecule has 0 aromatic carbocycles. The van der Waals surface area contributed by atoms with Crippen molar-refractivity contribution in [1.82, 2.24) is 10.9 Å². The summed E-state index contributed by atoms with van der Waals surface area (Å²) in [6.45, 7) is 1.92. The molecule has 0 spiro atoms. The molecule has 6 heavy (non-hydrogen) atoms. The molecule has 0 atom stereocenters. The molecule has 0 bridgehead atoms. The van der Waals surface area contributed by atoms with Crippen molar-refractivity contribution >= 4 is 0 Å². The summed E-state index contributed by atoms with van der Waals surface area (Å²) in [6.07, 6.45) is 4.19. The third-order valence-electron chi connectivity index (χ3n) is 0.765. The molecule has 0 aromatic heterocycles. The van der Waals surface area contributed by atoms with Crippen LogP contribution >= 0.6 is 0 Å². The number of rotatable bonds is 0. The number of hydrogen-bond acceptors (Lipinski definition) is 2. The topological polar surface area (TPSA) is 24.1 Å². The minimum absolute atomic E-state index is 0.889. The molecule has 2 radical (unpaired) electrons. The van der Waals surface area contributed by atoms with Crippen molar-refractivity contribution in [2.75, 3.05) is 13.1 Å². The Labute approximate surface area is 37.9 Å². The third-order valence-corrected chi connectivity index (χ3v) is 0.765. The van der Waals surface area contributed by atoms with E-state index >= 15 is 0 Å². The first-order valence-electron chi connectivity index (χ1n) is 2.16. The van der Waals surface area contributed by atoms with Gasteiger partial charge in [-0.2, -0.15) is 0 Å². The maximum Gasteiger partial charge on any atom is 0.0169 e. The van der Waals surface area contributed by atoms with E-state index in [1.807, 2.05) is 0 Å². The van der Waals surface area contributed by atoms with Crippen LogP contribution in [0.1, 0.15) is 6.42 Å². The maximum absolute atomic E-state index is 3.11. The van der Waals surface area contributed by atoms with Crippen LogP contribution in [0.3, 0.4) is 0 Å². The Morgan fingerprint density at radius 2 is 2.33 bits per heavy atom. The Balaban J connectivity index is 2.00. The van der Waals surface area contributed by atoms with Gasteiger partial charge in [0.1, 0.15) is 0 Å². The van der Waals surface area contributed by atoms with Crippen LogP contribution in [-0.2, 0) is 0 Å². The van der Waals surface area contributed by atoms with Crippen LogP contribution in [0.25, 0.3) is 0 Å². The number of nitrogens with one attached hydrogen (secondary N) is 2. The Hall–Kier alpha value is -0.0800. The zero-order chi connectivity index (χ0) is 4.24. The molecule has 1 aliphatic rings. The van der Waals surface area contributed by atoms with Crippen molar-refractivity contribution in [2.24, 2.45) is 0 Å². The summed E-state index contributed by atoms with van der Waals surface area (Å²) in [4.78, 5) is 0. The molecule has 0 saturated carbocycles. The van der Waals surface area contributed by atoms with Gasteiger partial charge in [-0.05, 0) is 6.42 Å². The monoisotopic (exact) mass is 84.1 g/mol. The molecule has 34 valence electrons. The molecule has 1 rings (SSSR count). The average Bonchev–Trinajstić information content (AvgIpc) is 1.72. The predicted molar refractivity (Wildman–Crippen MR) is 23.9 cm³/mol. The highest BCUT2D eigenvalue weighted by molar-refractivity contribution is 4.71. The quantitative estimate of drug-likeness (QED) is 0.416. The second-order valence-corrected chi connectivity index (χ2v) is 1.28. The van der Waals surface area contributed by atoms with Gasteiger partial charge in [0.2, 0.25) is 0 Å². The van der Waals surface area contributed by atoms with Gasteiger partial charge in [0.25, 0.3) is 0 Å². The van der Waals surface area contributed by atoms with Crippen molar-refractivity contribution in [3.63, 3.8) is 0 Å². The maximum atomic E-state index is 3.11. The SMILES string of the molecule is [C]1CCNNC1. The number of hydrogen-bond donors (Lipinski definition) is 2. The molecule has 1 saturated heterocycles. The summed E-state index contributed by atoms with van der Waals surface area (Å²) in [6, 6.07) is 0. The Morgan fingerprint density at radius 1 is 1.33 bits per heavy atom. The van der Waals surface area contributed by atoms with Crippen molar-refractivity contribution in [2.45, 2.75) is 6.42 Å². The summed E-state index contributed by atoms with van der Waals surface area (Å²) in [5.41, 5.74) is 5.90. The lowest BCUT2D eigenvalue weighted by molar-refractivity contribution is 0.504. The molecule has 1 fully saturated rings. The van der Waals surface area contributed by atoms with Crippen molar-refractivity contribution in [1.29, 1.82) is 0 Å². The molecule has 2 heteroatoms. The lowest BCUT2D eigenvalue weighted by atomic mass is 10.3. The molecule has 0 aromatic rings. The van der Waals surface area contributed by atoms with Crippen LogP contribution in [-0.4, -0.2) is 13.1 Å². The molecule has 2 nitrogen and oxygen atoms in total. The molecule has 1 heterocycles. The van der Waals surface area contributed by atoms with Gasteiger partial charge in [-0.25, -0.2) is 0 Å².